The van der Waals surface area contributed by atoms with Crippen molar-refractivity contribution < 1.29 is 14.3 Å². The fourth-order valence-electron chi connectivity index (χ4n) is 2.73. The summed E-state index contributed by atoms with van der Waals surface area (Å²) < 4.78 is 10.1. The van der Waals surface area contributed by atoms with Crippen molar-refractivity contribution in [3.8, 4) is 5.75 Å². The number of methoxy groups -OCH3 is 2. The van der Waals surface area contributed by atoms with Crippen molar-refractivity contribution in [2.24, 2.45) is 17.6 Å². The van der Waals surface area contributed by atoms with Crippen LogP contribution >= 0.6 is 12.2 Å². The van der Waals surface area contributed by atoms with Crippen LogP contribution in [0.25, 0.3) is 0 Å². The molecule has 1 aliphatic rings. The van der Waals surface area contributed by atoms with Crippen molar-refractivity contribution in [1.82, 2.24) is 0 Å². The van der Waals surface area contributed by atoms with Crippen molar-refractivity contribution in [2.75, 3.05) is 32.2 Å². The summed E-state index contributed by atoms with van der Waals surface area (Å²) in [4.78, 5) is 14.3. The lowest BCUT2D eigenvalue weighted by molar-refractivity contribution is -0.145. The third-order valence-electron chi connectivity index (χ3n) is 3.93. The molecule has 21 heavy (non-hydrogen) atoms. The van der Waals surface area contributed by atoms with E-state index in [9.17, 15) is 4.79 Å². The normalized spacial score (nSPS) is 21.2. The van der Waals surface area contributed by atoms with E-state index < -0.39 is 0 Å². The summed E-state index contributed by atoms with van der Waals surface area (Å²) in [6.45, 7) is 3.39. The Hall–Kier alpha value is -1.82. The van der Waals surface area contributed by atoms with Crippen LogP contribution in [-0.2, 0) is 9.53 Å². The molecule has 0 aromatic heterocycles. The number of nitrogens with two attached hydrogens (primary N) is 1. The minimum absolute atomic E-state index is 0.139. The number of thiocarbonyl (C=S) groups is 1. The van der Waals surface area contributed by atoms with Crippen LogP contribution in [0.5, 0.6) is 5.75 Å². The van der Waals surface area contributed by atoms with Crippen LogP contribution in [0, 0.1) is 11.8 Å². The van der Waals surface area contributed by atoms with Crippen LogP contribution in [0.15, 0.2) is 18.2 Å². The molecule has 1 aromatic carbocycles. The molecule has 1 heterocycles. The molecule has 1 saturated heterocycles. The molecule has 114 valence electrons. The van der Waals surface area contributed by atoms with Crippen LogP contribution in [0.3, 0.4) is 0 Å². The van der Waals surface area contributed by atoms with Gasteiger partial charge in [0.1, 0.15) is 10.7 Å². The summed E-state index contributed by atoms with van der Waals surface area (Å²) in [6.07, 6.45) is 0. The first-order valence-electron chi connectivity index (χ1n) is 6.78. The second-order valence-corrected chi connectivity index (χ2v) is 5.70. The van der Waals surface area contributed by atoms with Crippen LogP contribution in [0.4, 0.5) is 5.69 Å². The zero-order chi connectivity index (χ0) is 15.6. The SMILES string of the molecule is COC(=O)C1CN(c2cc(OC)ccc2C(N)=S)CC1C. The van der Waals surface area contributed by atoms with Crippen molar-refractivity contribution in [1.29, 1.82) is 0 Å². The second kappa shape index (κ2) is 6.30. The Morgan fingerprint density at radius 3 is 2.67 bits per heavy atom. The molecule has 2 N–H and O–H groups in total. The second-order valence-electron chi connectivity index (χ2n) is 5.26. The van der Waals surface area contributed by atoms with E-state index in [4.69, 9.17) is 27.4 Å². The first-order chi connectivity index (χ1) is 9.97. The van der Waals surface area contributed by atoms with Gasteiger partial charge in [-0.15, -0.1) is 0 Å². The van der Waals surface area contributed by atoms with E-state index in [0.29, 0.717) is 11.5 Å². The lowest BCUT2D eigenvalue weighted by Gasteiger charge is -2.22. The first kappa shape index (κ1) is 15.6. The van der Waals surface area contributed by atoms with Gasteiger partial charge in [0.25, 0.3) is 0 Å². The van der Waals surface area contributed by atoms with Gasteiger partial charge in [-0.1, -0.05) is 19.1 Å². The number of anilines is 1. The molecular weight excluding hydrogens is 288 g/mol. The summed E-state index contributed by atoms with van der Waals surface area (Å²) in [7, 11) is 3.03. The Kier molecular flexibility index (Phi) is 4.67. The topological polar surface area (TPSA) is 64.8 Å². The number of nitrogens with zero attached hydrogens (tertiary/aromatic N) is 1. The van der Waals surface area contributed by atoms with Crippen LogP contribution in [0.1, 0.15) is 12.5 Å². The third-order valence-corrected chi connectivity index (χ3v) is 4.15. The quantitative estimate of drug-likeness (QED) is 0.673. The summed E-state index contributed by atoms with van der Waals surface area (Å²) in [6, 6.07) is 5.59. The maximum atomic E-state index is 11.8. The highest BCUT2D eigenvalue weighted by Crippen LogP contribution is 2.33. The molecule has 1 aliphatic heterocycles. The van der Waals surface area contributed by atoms with Gasteiger partial charge in [-0.3, -0.25) is 4.79 Å². The molecule has 2 atom stereocenters. The highest BCUT2D eigenvalue weighted by molar-refractivity contribution is 7.80. The Morgan fingerprint density at radius 2 is 2.10 bits per heavy atom. The zero-order valence-corrected chi connectivity index (χ0v) is 13.3. The van der Waals surface area contributed by atoms with E-state index in [1.807, 2.05) is 25.1 Å². The molecule has 0 radical (unpaired) electrons. The van der Waals surface area contributed by atoms with E-state index in [1.54, 1.807) is 7.11 Å². The van der Waals surface area contributed by atoms with Crippen LogP contribution in [0.2, 0.25) is 0 Å². The Bertz CT molecular complexity index is 562. The van der Waals surface area contributed by atoms with E-state index >= 15 is 0 Å². The van der Waals surface area contributed by atoms with Gasteiger partial charge >= 0.3 is 5.97 Å². The number of carbonyl (C=O) groups is 1. The standard InChI is InChI=1S/C15H20N2O3S/c1-9-7-17(8-12(9)15(18)20-3)13-6-10(19-2)4-5-11(13)14(16)21/h4-6,9,12H,7-8H2,1-3H3,(H2,16,21). The maximum absolute atomic E-state index is 11.8. The molecule has 1 fully saturated rings. The fraction of sp³-hybridized carbons (Fsp3) is 0.467. The minimum atomic E-state index is -0.176. The molecule has 5 nitrogen and oxygen atoms in total. The smallest absolute Gasteiger partial charge is 0.310 e. The number of ether oxygens (including phenoxy) is 2. The van der Waals surface area contributed by atoms with Gasteiger partial charge in [0.05, 0.1) is 25.8 Å². The predicted octanol–water partition coefficient (Wildman–Crippen LogP) is 1.57. The minimum Gasteiger partial charge on any atom is -0.497 e. The number of benzene rings is 1. The van der Waals surface area contributed by atoms with Gasteiger partial charge in [-0.25, -0.2) is 0 Å². The van der Waals surface area contributed by atoms with Gasteiger partial charge in [-0.2, -0.15) is 0 Å². The van der Waals surface area contributed by atoms with E-state index in [2.05, 4.69) is 4.90 Å². The van der Waals surface area contributed by atoms with Gasteiger partial charge in [0, 0.05) is 24.7 Å². The Labute approximate surface area is 130 Å². The number of hydrogen-bond acceptors (Lipinski definition) is 5. The molecule has 0 saturated carbocycles. The van der Waals surface area contributed by atoms with Gasteiger partial charge in [-0.05, 0) is 18.1 Å². The number of carbonyl (C=O) groups excluding carboxylic acids is 1. The molecule has 0 amide bonds. The van der Waals surface area contributed by atoms with Crippen LogP contribution in [-0.4, -0.2) is 38.3 Å². The van der Waals surface area contributed by atoms with E-state index in [-0.39, 0.29) is 17.8 Å². The highest BCUT2D eigenvalue weighted by atomic mass is 32.1. The maximum Gasteiger partial charge on any atom is 0.310 e. The number of rotatable bonds is 4. The summed E-state index contributed by atoms with van der Waals surface area (Å²) in [5, 5.41) is 0. The molecule has 0 bridgehead atoms. The Balaban J connectivity index is 2.33. The average molecular weight is 308 g/mol. The first-order valence-corrected chi connectivity index (χ1v) is 7.19. The summed E-state index contributed by atoms with van der Waals surface area (Å²) in [5.41, 5.74) is 7.50. The molecule has 6 heteroatoms. The number of esters is 1. The monoisotopic (exact) mass is 308 g/mol. The summed E-state index contributed by atoms with van der Waals surface area (Å²) >= 11 is 5.12. The lowest BCUT2D eigenvalue weighted by atomic mass is 9.99. The molecule has 2 unspecified atom stereocenters. The lowest BCUT2D eigenvalue weighted by Crippen LogP contribution is -2.26. The van der Waals surface area contributed by atoms with Crippen molar-refractivity contribution in [3.05, 3.63) is 23.8 Å². The predicted molar refractivity (Wildman–Crippen MR) is 85.8 cm³/mol. The molecule has 0 spiro atoms. The Morgan fingerprint density at radius 1 is 1.38 bits per heavy atom. The molecular formula is C15H20N2O3S. The van der Waals surface area contributed by atoms with Crippen molar-refractivity contribution in [3.63, 3.8) is 0 Å². The van der Waals surface area contributed by atoms with Gasteiger partial charge in [0.2, 0.25) is 0 Å². The van der Waals surface area contributed by atoms with Crippen molar-refractivity contribution >= 4 is 28.9 Å². The van der Waals surface area contributed by atoms with Gasteiger partial charge in [0.15, 0.2) is 0 Å². The fourth-order valence-corrected chi connectivity index (χ4v) is 2.90. The van der Waals surface area contributed by atoms with Gasteiger partial charge < -0.3 is 20.1 Å². The van der Waals surface area contributed by atoms with E-state index in [1.165, 1.54) is 7.11 Å². The highest BCUT2D eigenvalue weighted by Gasteiger charge is 2.36. The zero-order valence-electron chi connectivity index (χ0n) is 12.5. The number of hydrogen-bond donors (Lipinski definition) is 1. The molecule has 2 rings (SSSR count). The molecule has 0 aliphatic carbocycles. The van der Waals surface area contributed by atoms with E-state index in [0.717, 1.165) is 23.5 Å². The van der Waals surface area contributed by atoms with Crippen molar-refractivity contribution in [2.45, 2.75) is 6.92 Å². The summed E-state index contributed by atoms with van der Waals surface area (Å²) in [5.74, 6) is 0.632. The average Bonchev–Trinajstić information content (AvgIpc) is 2.87. The largest absolute Gasteiger partial charge is 0.497 e. The third kappa shape index (κ3) is 3.10. The van der Waals surface area contributed by atoms with Crippen LogP contribution < -0.4 is 15.4 Å². The molecule has 1 aromatic rings.